The maximum absolute atomic E-state index is 14.5. The highest BCUT2D eigenvalue weighted by Crippen LogP contribution is 2.26. The highest BCUT2D eigenvalue weighted by Gasteiger charge is 2.41. The molecule has 0 aliphatic carbocycles. The van der Waals surface area contributed by atoms with Gasteiger partial charge < -0.3 is 65.1 Å². The Morgan fingerprint density at radius 1 is 0.768 bits per heavy atom. The molecule has 1 aromatic rings. The predicted octanol–water partition coefficient (Wildman–Crippen LogP) is -3.01. The van der Waals surface area contributed by atoms with E-state index in [1.807, 2.05) is 32.9 Å². The van der Waals surface area contributed by atoms with Gasteiger partial charge in [0, 0.05) is 30.9 Å². The van der Waals surface area contributed by atoms with Crippen molar-refractivity contribution in [2.45, 2.75) is 134 Å². The van der Waals surface area contributed by atoms with Gasteiger partial charge in [-0.3, -0.25) is 52.7 Å². The number of hydrogen-bond donors (Lipinski definition) is 11. The number of rotatable bonds is 17. The molecule has 3 rings (SSSR count). The number of nitrogens with one attached hydrogen (secondary N) is 7. The minimum atomic E-state index is -1.74. The smallest absolute Gasteiger partial charge is 0.246 e. The molecule has 2 heterocycles. The first-order chi connectivity index (χ1) is 32.5. The third kappa shape index (κ3) is 18.8. The van der Waals surface area contributed by atoms with Crippen molar-refractivity contribution >= 4 is 86.6 Å². The highest BCUT2D eigenvalue weighted by molar-refractivity contribution is 8.76. The van der Waals surface area contributed by atoms with Gasteiger partial charge in [0.25, 0.3) is 0 Å². The van der Waals surface area contributed by atoms with Gasteiger partial charge in [0.2, 0.25) is 65.0 Å². The lowest BCUT2D eigenvalue weighted by atomic mass is 9.96. The Kier molecular flexibility index (Phi) is 23.2. The molecule has 2 aliphatic rings. The number of amides is 11. The summed E-state index contributed by atoms with van der Waals surface area (Å²) in [5.41, 5.74) is 24.1. The summed E-state index contributed by atoms with van der Waals surface area (Å²) in [4.78, 5) is 148. The first-order valence-electron chi connectivity index (χ1n) is 22.8. The fraction of sp³-hybridized carbons (Fsp3) is 0.614. The normalized spacial score (nSPS) is 24.3. The molecule has 2 saturated heterocycles. The van der Waals surface area contributed by atoms with Gasteiger partial charge in [-0.2, -0.15) is 0 Å². The number of benzene rings is 1. The van der Waals surface area contributed by atoms with Crippen molar-refractivity contribution < 1.29 is 52.7 Å². The van der Waals surface area contributed by atoms with E-state index in [0.717, 1.165) is 27.2 Å². The van der Waals surface area contributed by atoms with Gasteiger partial charge in [0.1, 0.15) is 42.3 Å². The molecule has 0 radical (unpaired) electrons. The standard InChI is InChI=1S/C44H68N12O11S2/c1-6-24(5)36-43(66)50-27(13-14-33(46)57)39(62)52-30(18-34(47)58)40(63)54-31(21-69-68-20-26(45)37(60)51-29(41(64)55-36)17-25-11-9-23(4)10-12-25)44(67)56-15-7-8-32(56)42(65)53-28(16-22(2)3)38(61)49-19-35(48)59/h9-12,22,24,26-32,36H,6-8,13-21,45H2,1-5H3,(H2,46,57)(H2,47,58)(H2,48,59)(H,49,61)(H,50,66)(H,51,60)(H,52,62)(H,53,65)(H,54,63)(H,55,64)/t24-,26-,27-,28-,29-,30?,31-,32-,36?/m0/s1. The van der Waals surface area contributed by atoms with E-state index in [2.05, 4.69) is 37.2 Å². The van der Waals surface area contributed by atoms with Gasteiger partial charge in [0.15, 0.2) is 0 Å². The van der Waals surface area contributed by atoms with E-state index in [9.17, 15) is 52.7 Å². The van der Waals surface area contributed by atoms with Gasteiger partial charge in [-0.1, -0.05) is 85.5 Å². The number of likely N-dealkylation sites (tertiary alicyclic amines) is 1. The van der Waals surface area contributed by atoms with Crippen LogP contribution in [0.3, 0.4) is 0 Å². The topological polar surface area (TPSA) is 379 Å². The SMILES string of the molecule is CC[C@H](C)C1NC(=O)[C@H](Cc2ccc(C)cc2)NC(=O)[C@@H](N)CSSC[C@@H](C(=O)N2CCC[C@H]2C(=O)N[C@@H](CC(C)C)C(=O)NCC(N)=O)NC(=O)C(CC(N)=O)NC(=O)[C@H](CCC(N)=O)NC1=O. The summed E-state index contributed by atoms with van der Waals surface area (Å²) in [7, 11) is 2.10. The van der Waals surface area contributed by atoms with Crippen molar-refractivity contribution in [3.05, 3.63) is 35.4 Å². The molecule has 2 aliphatic heterocycles. The third-order valence-electron chi connectivity index (χ3n) is 11.5. The van der Waals surface area contributed by atoms with Crippen molar-refractivity contribution in [1.82, 2.24) is 42.1 Å². The molecule has 0 bridgehead atoms. The molecule has 2 unspecified atom stereocenters. The van der Waals surface area contributed by atoms with Crippen LogP contribution in [-0.2, 0) is 59.2 Å². The van der Waals surface area contributed by atoms with Crippen LogP contribution in [-0.4, -0.2) is 143 Å². The Balaban J connectivity index is 2.05. The molecule has 0 spiro atoms. The van der Waals surface area contributed by atoms with Crippen LogP contribution in [0.5, 0.6) is 0 Å². The summed E-state index contributed by atoms with van der Waals surface area (Å²) in [6, 6.07) is -3.42. The van der Waals surface area contributed by atoms with E-state index in [0.29, 0.717) is 18.4 Å². The van der Waals surface area contributed by atoms with E-state index >= 15 is 0 Å². The molecule has 25 heteroatoms. The number of carbonyl (C=O) groups is 11. The van der Waals surface area contributed by atoms with Gasteiger partial charge in [0.05, 0.1) is 19.0 Å². The van der Waals surface area contributed by atoms with Crippen molar-refractivity contribution in [2.75, 3.05) is 24.6 Å². The van der Waals surface area contributed by atoms with Crippen molar-refractivity contribution in [2.24, 2.45) is 34.8 Å². The summed E-state index contributed by atoms with van der Waals surface area (Å²) < 4.78 is 0. The maximum Gasteiger partial charge on any atom is 0.246 e. The van der Waals surface area contributed by atoms with Gasteiger partial charge in [-0.25, -0.2) is 0 Å². The number of aryl methyl sites for hydroxylation is 1. The maximum atomic E-state index is 14.5. The molecule has 1 aromatic carbocycles. The molecular weight excluding hydrogens is 937 g/mol. The van der Waals surface area contributed by atoms with Crippen molar-refractivity contribution in [3.63, 3.8) is 0 Å². The third-order valence-corrected chi connectivity index (χ3v) is 13.9. The quantitative estimate of drug-likeness (QED) is 0.0694. The van der Waals surface area contributed by atoms with Gasteiger partial charge in [-0.15, -0.1) is 0 Å². The fourth-order valence-corrected chi connectivity index (χ4v) is 9.71. The summed E-state index contributed by atoms with van der Waals surface area (Å²) in [6.07, 6.45) is -0.472. The lowest BCUT2D eigenvalue weighted by Crippen LogP contribution is -2.61. The zero-order valence-corrected chi connectivity index (χ0v) is 41.3. The van der Waals surface area contributed by atoms with E-state index in [1.54, 1.807) is 26.0 Å². The van der Waals surface area contributed by atoms with Crippen LogP contribution >= 0.6 is 21.6 Å². The number of carbonyl (C=O) groups excluding carboxylic acids is 11. The molecule has 15 N–H and O–H groups in total. The van der Waals surface area contributed by atoms with E-state index < -0.39 is 139 Å². The second kappa shape index (κ2) is 27.9. The lowest BCUT2D eigenvalue weighted by Gasteiger charge is -2.31. The molecule has 2 fully saturated rings. The Morgan fingerprint density at radius 3 is 1.99 bits per heavy atom. The second-order valence-corrected chi connectivity index (χ2v) is 20.3. The van der Waals surface area contributed by atoms with Crippen LogP contribution < -0.4 is 60.2 Å². The number of nitrogens with two attached hydrogens (primary N) is 4. The van der Waals surface area contributed by atoms with E-state index in [4.69, 9.17) is 22.9 Å². The predicted molar refractivity (Wildman–Crippen MR) is 257 cm³/mol. The first kappa shape index (κ1) is 57.4. The van der Waals surface area contributed by atoms with Crippen LogP contribution in [0.15, 0.2) is 24.3 Å². The zero-order chi connectivity index (χ0) is 51.5. The monoisotopic (exact) mass is 1000 g/mol. The van der Waals surface area contributed by atoms with Crippen LogP contribution in [0.25, 0.3) is 0 Å². The minimum Gasteiger partial charge on any atom is -0.370 e. The molecule has 0 aromatic heterocycles. The Hall–Kier alpha value is -5.95. The van der Waals surface area contributed by atoms with Crippen LogP contribution in [0.4, 0.5) is 0 Å². The summed E-state index contributed by atoms with van der Waals surface area (Å²) in [6.45, 7) is 8.57. The Labute approximate surface area is 409 Å². The molecule has 69 heavy (non-hydrogen) atoms. The largest absolute Gasteiger partial charge is 0.370 e. The van der Waals surface area contributed by atoms with Crippen LogP contribution in [0.2, 0.25) is 0 Å². The van der Waals surface area contributed by atoms with Crippen LogP contribution in [0, 0.1) is 18.8 Å². The zero-order valence-electron chi connectivity index (χ0n) is 39.6. The number of hydrogen-bond acceptors (Lipinski definition) is 14. The van der Waals surface area contributed by atoms with Crippen LogP contribution in [0.1, 0.15) is 83.8 Å². The second-order valence-electron chi connectivity index (χ2n) is 17.7. The van der Waals surface area contributed by atoms with E-state index in [1.165, 1.54) is 4.90 Å². The summed E-state index contributed by atoms with van der Waals surface area (Å²) >= 11 is 0. The first-order valence-corrected chi connectivity index (χ1v) is 25.3. The molecular formula is C44H68N12O11S2. The summed E-state index contributed by atoms with van der Waals surface area (Å²) in [5.74, 6) is -10.00. The molecule has 11 amide bonds. The fourth-order valence-electron chi connectivity index (χ4n) is 7.44. The van der Waals surface area contributed by atoms with Crippen molar-refractivity contribution in [3.8, 4) is 0 Å². The average Bonchev–Trinajstić information content (AvgIpc) is 3.78. The minimum absolute atomic E-state index is 0.00604. The van der Waals surface area contributed by atoms with E-state index in [-0.39, 0.29) is 49.7 Å². The van der Waals surface area contributed by atoms with Crippen molar-refractivity contribution in [1.29, 1.82) is 0 Å². The highest BCUT2D eigenvalue weighted by atomic mass is 33.1. The molecule has 0 saturated carbocycles. The summed E-state index contributed by atoms with van der Waals surface area (Å²) in [5, 5.41) is 18.0. The van der Waals surface area contributed by atoms with Gasteiger partial charge >= 0.3 is 0 Å². The molecule has 382 valence electrons. The Morgan fingerprint density at radius 2 is 1.38 bits per heavy atom. The van der Waals surface area contributed by atoms with Gasteiger partial charge in [-0.05, 0) is 50.0 Å². The number of nitrogens with zero attached hydrogens (tertiary/aromatic N) is 1. The lowest BCUT2D eigenvalue weighted by molar-refractivity contribution is -0.142. The average molecular weight is 1010 g/mol. The molecule has 23 nitrogen and oxygen atoms in total. The Bertz CT molecular complexity index is 2050. The number of primary amides is 3. The molecule has 9 atom stereocenters.